The summed E-state index contributed by atoms with van der Waals surface area (Å²) in [4.78, 5) is 30.8. The molecule has 0 aromatic carbocycles. The van der Waals surface area contributed by atoms with Gasteiger partial charge >= 0.3 is 0 Å². The van der Waals surface area contributed by atoms with Crippen molar-refractivity contribution in [3.63, 3.8) is 0 Å². The Kier molecular flexibility index (Phi) is 6.81. The highest BCUT2D eigenvalue weighted by Crippen LogP contribution is 2.27. The van der Waals surface area contributed by atoms with Gasteiger partial charge in [-0.1, -0.05) is 26.8 Å². The van der Waals surface area contributed by atoms with Crippen LogP contribution in [0.15, 0.2) is 43.0 Å². The molecule has 0 saturated carbocycles. The van der Waals surface area contributed by atoms with E-state index in [2.05, 4.69) is 45.2 Å². The number of nitrogens with zero attached hydrogens (tertiary/aromatic N) is 4. The lowest BCUT2D eigenvalue weighted by Gasteiger charge is -2.19. The fraction of sp³-hybridized carbons (Fsp3) is 0.381. The first-order valence-electron chi connectivity index (χ1n) is 9.53. The van der Waals surface area contributed by atoms with Gasteiger partial charge < -0.3 is 5.32 Å². The van der Waals surface area contributed by atoms with Crippen molar-refractivity contribution in [2.75, 3.05) is 6.54 Å². The lowest BCUT2D eigenvalue weighted by Crippen LogP contribution is -2.29. The van der Waals surface area contributed by atoms with E-state index in [0.717, 1.165) is 17.7 Å². The van der Waals surface area contributed by atoms with Crippen molar-refractivity contribution in [3.8, 4) is 10.8 Å². The maximum Gasteiger partial charge on any atom is 0.263 e. The molecule has 3 heterocycles. The molecule has 6 nitrogen and oxygen atoms in total. The summed E-state index contributed by atoms with van der Waals surface area (Å²) in [6, 6.07) is 5.77. The molecule has 0 spiro atoms. The molecule has 0 aliphatic rings. The van der Waals surface area contributed by atoms with E-state index in [4.69, 9.17) is 0 Å². The van der Waals surface area contributed by atoms with Crippen LogP contribution in [0.2, 0.25) is 0 Å². The van der Waals surface area contributed by atoms with Crippen molar-refractivity contribution >= 4 is 17.2 Å². The molecule has 0 fully saturated rings. The van der Waals surface area contributed by atoms with E-state index in [1.165, 1.54) is 11.3 Å². The highest BCUT2D eigenvalue weighted by Gasteiger charge is 2.21. The van der Waals surface area contributed by atoms with E-state index < -0.39 is 0 Å². The van der Waals surface area contributed by atoms with Gasteiger partial charge in [0, 0.05) is 37.3 Å². The van der Waals surface area contributed by atoms with Gasteiger partial charge in [0.25, 0.3) is 5.91 Å². The van der Waals surface area contributed by atoms with Crippen LogP contribution in [0.1, 0.15) is 54.0 Å². The molecule has 28 heavy (non-hydrogen) atoms. The monoisotopic (exact) mass is 395 g/mol. The number of thiazole rings is 1. The van der Waals surface area contributed by atoms with Crippen LogP contribution >= 0.6 is 11.3 Å². The van der Waals surface area contributed by atoms with Crippen molar-refractivity contribution in [1.82, 2.24) is 25.3 Å². The smallest absolute Gasteiger partial charge is 0.263 e. The van der Waals surface area contributed by atoms with Gasteiger partial charge in [-0.25, -0.2) is 15.0 Å². The summed E-state index contributed by atoms with van der Waals surface area (Å²) >= 11 is 1.35. The molecule has 0 aliphatic heterocycles. The molecule has 146 valence electrons. The standard InChI is InChI=1S/C21H25N5OS/c1-4-17-18(28-21(26-17)19-23-9-6-10-24-19)20(27)25-13-16(11-14(2)3)15-7-5-8-22-12-15/h5-10,12,14,16H,4,11,13H2,1-3H3,(H,25,27). The predicted molar refractivity (Wildman–Crippen MR) is 111 cm³/mol. The van der Waals surface area contributed by atoms with Crippen molar-refractivity contribution < 1.29 is 4.79 Å². The summed E-state index contributed by atoms with van der Waals surface area (Å²) in [5, 5.41) is 3.78. The van der Waals surface area contributed by atoms with Gasteiger partial charge in [0.05, 0.1) is 5.69 Å². The number of rotatable bonds is 8. The fourth-order valence-electron chi connectivity index (χ4n) is 3.09. The fourth-order valence-corrected chi connectivity index (χ4v) is 4.11. The highest BCUT2D eigenvalue weighted by molar-refractivity contribution is 7.17. The normalized spacial score (nSPS) is 12.1. The number of carbonyl (C=O) groups excluding carboxylic acids is 1. The van der Waals surface area contributed by atoms with Crippen molar-refractivity contribution in [2.24, 2.45) is 5.92 Å². The quantitative estimate of drug-likeness (QED) is 0.621. The number of pyridine rings is 1. The van der Waals surface area contributed by atoms with Gasteiger partial charge in [-0.2, -0.15) is 0 Å². The molecule has 1 unspecified atom stereocenters. The Morgan fingerprint density at radius 2 is 1.96 bits per heavy atom. The van der Waals surface area contributed by atoms with Crippen LogP contribution in [0.25, 0.3) is 10.8 Å². The Balaban J connectivity index is 1.75. The van der Waals surface area contributed by atoms with E-state index in [1.54, 1.807) is 24.7 Å². The minimum atomic E-state index is -0.0887. The zero-order chi connectivity index (χ0) is 19.9. The number of aryl methyl sites for hydroxylation is 1. The van der Waals surface area contributed by atoms with Crippen LogP contribution in [-0.2, 0) is 6.42 Å². The highest BCUT2D eigenvalue weighted by atomic mass is 32.1. The third-order valence-corrected chi connectivity index (χ3v) is 5.51. The number of aromatic nitrogens is 4. The summed E-state index contributed by atoms with van der Waals surface area (Å²) in [5.74, 6) is 1.22. The maximum absolute atomic E-state index is 12.9. The van der Waals surface area contributed by atoms with Gasteiger partial charge in [-0.15, -0.1) is 11.3 Å². The molecule has 3 rings (SSSR count). The maximum atomic E-state index is 12.9. The Bertz CT molecular complexity index is 896. The third-order valence-electron chi connectivity index (χ3n) is 4.42. The predicted octanol–water partition coefficient (Wildman–Crippen LogP) is 4.12. The van der Waals surface area contributed by atoms with Crippen molar-refractivity contribution in [1.29, 1.82) is 0 Å². The first kappa shape index (κ1) is 20.1. The van der Waals surface area contributed by atoms with Crippen LogP contribution < -0.4 is 5.32 Å². The van der Waals surface area contributed by atoms with Gasteiger partial charge in [0.1, 0.15) is 4.88 Å². The molecular formula is C21H25N5OS. The Hall–Kier alpha value is -2.67. The zero-order valence-electron chi connectivity index (χ0n) is 16.4. The van der Waals surface area contributed by atoms with E-state index in [-0.39, 0.29) is 11.8 Å². The first-order valence-corrected chi connectivity index (χ1v) is 10.3. The molecule has 1 atom stereocenters. The summed E-state index contributed by atoms with van der Waals surface area (Å²) in [7, 11) is 0. The largest absolute Gasteiger partial charge is 0.351 e. The van der Waals surface area contributed by atoms with Gasteiger partial charge in [-0.05, 0) is 36.5 Å². The van der Waals surface area contributed by atoms with Crippen LogP contribution in [0, 0.1) is 5.92 Å². The van der Waals surface area contributed by atoms with Crippen LogP contribution in [0.3, 0.4) is 0 Å². The average molecular weight is 396 g/mol. The summed E-state index contributed by atoms with van der Waals surface area (Å²) in [6.45, 7) is 6.95. The van der Waals surface area contributed by atoms with E-state index in [0.29, 0.717) is 34.6 Å². The number of carbonyl (C=O) groups is 1. The molecule has 3 aromatic heterocycles. The second-order valence-electron chi connectivity index (χ2n) is 7.04. The Labute approximate surface area is 169 Å². The molecule has 0 radical (unpaired) electrons. The lowest BCUT2D eigenvalue weighted by molar-refractivity contribution is 0.0953. The molecule has 1 amide bonds. The SMILES string of the molecule is CCc1nc(-c2ncccn2)sc1C(=O)NCC(CC(C)C)c1cccnc1. The van der Waals surface area contributed by atoms with Crippen LogP contribution in [-0.4, -0.2) is 32.4 Å². The van der Waals surface area contributed by atoms with E-state index in [1.807, 2.05) is 19.2 Å². The second kappa shape index (κ2) is 9.50. The zero-order valence-corrected chi connectivity index (χ0v) is 17.2. The van der Waals surface area contributed by atoms with Crippen molar-refractivity contribution in [2.45, 2.75) is 39.5 Å². The van der Waals surface area contributed by atoms with E-state index >= 15 is 0 Å². The minimum Gasteiger partial charge on any atom is -0.351 e. The number of nitrogens with one attached hydrogen (secondary N) is 1. The van der Waals surface area contributed by atoms with Crippen LogP contribution in [0.4, 0.5) is 0 Å². The van der Waals surface area contributed by atoms with Gasteiger partial charge in [-0.3, -0.25) is 9.78 Å². The topological polar surface area (TPSA) is 80.7 Å². The Morgan fingerprint density at radius 3 is 2.61 bits per heavy atom. The molecule has 3 aromatic rings. The molecule has 1 N–H and O–H groups in total. The summed E-state index contributed by atoms with van der Waals surface area (Å²) < 4.78 is 0. The number of hydrogen-bond acceptors (Lipinski definition) is 6. The Morgan fingerprint density at radius 1 is 1.18 bits per heavy atom. The molecule has 0 bridgehead atoms. The van der Waals surface area contributed by atoms with Crippen LogP contribution in [0.5, 0.6) is 0 Å². The summed E-state index contributed by atoms with van der Waals surface area (Å²) in [5.41, 5.74) is 1.93. The minimum absolute atomic E-state index is 0.0887. The lowest BCUT2D eigenvalue weighted by atomic mass is 9.91. The number of hydrogen-bond donors (Lipinski definition) is 1. The molecule has 7 heteroatoms. The third kappa shape index (κ3) is 4.98. The average Bonchev–Trinajstić information content (AvgIpc) is 3.16. The van der Waals surface area contributed by atoms with E-state index in [9.17, 15) is 4.79 Å². The molecular weight excluding hydrogens is 370 g/mol. The summed E-state index contributed by atoms with van der Waals surface area (Å²) in [6.07, 6.45) is 8.68. The molecule has 0 aliphatic carbocycles. The van der Waals surface area contributed by atoms with Gasteiger partial charge in [0.15, 0.2) is 10.8 Å². The first-order chi connectivity index (χ1) is 13.6. The number of amides is 1. The van der Waals surface area contributed by atoms with Gasteiger partial charge in [0.2, 0.25) is 0 Å². The van der Waals surface area contributed by atoms with Crippen molar-refractivity contribution in [3.05, 3.63) is 59.1 Å². The molecule has 0 saturated heterocycles. The second-order valence-corrected chi connectivity index (χ2v) is 8.04.